The molecule has 1 aliphatic carbocycles. The third-order valence-electron chi connectivity index (χ3n) is 3.15. The third kappa shape index (κ3) is 2.05. The highest BCUT2D eigenvalue weighted by Crippen LogP contribution is 2.52. The summed E-state index contributed by atoms with van der Waals surface area (Å²) in [6, 6.07) is 1.72. The standard InChI is InChI=1S/C12H15ClN2O/c1-7-10(13)9(4-5-14-7)15-11(16)8-6-12(8,2)3/h4-5,8H,6H2,1-3H3,(H,14,15,16)/t8-/m1/s1. The third-order valence-corrected chi connectivity index (χ3v) is 3.63. The van der Waals surface area contributed by atoms with Crippen molar-refractivity contribution in [3.05, 3.63) is 23.0 Å². The minimum absolute atomic E-state index is 0.0532. The van der Waals surface area contributed by atoms with Gasteiger partial charge >= 0.3 is 0 Å². The van der Waals surface area contributed by atoms with Gasteiger partial charge in [-0.05, 0) is 24.8 Å². The van der Waals surface area contributed by atoms with Crippen LogP contribution in [0.2, 0.25) is 5.02 Å². The fraction of sp³-hybridized carbons (Fsp3) is 0.500. The Balaban J connectivity index is 2.10. The lowest BCUT2D eigenvalue weighted by Crippen LogP contribution is -2.17. The van der Waals surface area contributed by atoms with Crippen LogP contribution < -0.4 is 5.32 Å². The number of carbonyl (C=O) groups excluding carboxylic acids is 1. The van der Waals surface area contributed by atoms with Gasteiger partial charge in [0, 0.05) is 12.1 Å². The van der Waals surface area contributed by atoms with Gasteiger partial charge in [0.25, 0.3) is 0 Å². The zero-order chi connectivity index (χ0) is 11.9. The maximum absolute atomic E-state index is 11.9. The van der Waals surface area contributed by atoms with E-state index in [4.69, 9.17) is 11.6 Å². The number of hydrogen-bond donors (Lipinski definition) is 1. The van der Waals surface area contributed by atoms with Crippen LogP contribution in [0.5, 0.6) is 0 Å². The Kier molecular flexibility index (Phi) is 2.66. The quantitative estimate of drug-likeness (QED) is 0.861. The lowest BCUT2D eigenvalue weighted by molar-refractivity contribution is -0.117. The molecule has 0 radical (unpaired) electrons. The summed E-state index contributed by atoms with van der Waals surface area (Å²) in [5, 5.41) is 3.38. The molecule has 4 heteroatoms. The van der Waals surface area contributed by atoms with Crippen LogP contribution in [0.25, 0.3) is 0 Å². The zero-order valence-electron chi connectivity index (χ0n) is 9.67. The molecule has 1 aliphatic rings. The van der Waals surface area contributed by atoms with Crippen LogP contribution >= 0.6 is 11.6 Å². The van der Waals surface area contributed by atoms with Crippen LogP contribution in [0.1, 0.15) is 26.0 Å². The van der Waals surface area contributed by atoms with E-state index in [0.717, 1.165) is 12.1 Å². The molecule has 1 amide bonds. The lowest BCUT2D eigenvalue weighted by Gasteiger charge is -2.09. The summed E-state index contributed by atoms with van der Waals surface area (Å²) in [6.07, 6.45) is 2.59. The van der Waals surface area contributed by atoms with Crippen LogP contribution in [0.4, 0.5) is 5.69 Å². The molecule has 1 aromatic rings. The van der Waals surface area contributed by atoms with E-state index in [0.29, 0.717) is 10.7 Å². The summed E-state index contributed by atoms with van der Waals surface area (Å²) in [5.41, 5.74) is 1.52. The highest BCUT2D eigenvalue weighted by atomic mass is 35.5. The van der Waals surface area contributed by atoms with Crippen LogP contribution in [-0.4, -0.2) is 10.9 Å². The van der Waals surface area contributed by atoms with E-state index in [9.17, 15) is 4.79 Å². The lowest BCUT2D eigenvalue weighted by atomic mass is 10.1. The van der Waals surface area contributed by atoms with Crippen LogP contribution in [-0.2, 0) is 4.79 Å². The van der Waals surface area contributed by atoms with Gasteiger partial charge in [-0.1, -0.05) is 25.4 Å². The van der Waals surface area contributed by atoms with Gasteiger partial charge in [-0.3, -0.25) is 9.78 Å². The monoisotopic (exact) mass is 238 g/mol. The number of aromatic nitrogens is 1. The van der Waals surface area contributed by atoms with Gasteiger partial charge in [-0.15, -0.1) is 0 Å². The largest absolute Gasteiger partial charge is 0.324 e. The summed E-state index contributed by atoms with van der Waals surface area (Å²) in [4.78, 5) is 15.9. The molecule has 1 heterocycles. The molecule has 1 atom stereocenters. The topological polar surface area (TPSA) is 42.0 Å². The second-order valence-electron chi connectivity index (χ2n) is 4.99. The van der Waals surface area contributed by atoms with E-state index in [2.05, 4.69) is 24.1 Å². The molecule has 0 aromatic carbocycles. The average molecular weight is 239 g/mol. The Hall–Kier alpha value is -1.09. The Bertz CT molecular complexity index is 443. The molecule has 16 heavy (non-hydrogen) atoms. The number of amides is 1. The number of rotatable bonds is 2. The molecule has 0 aliphatic heterocycles. The number of hydrogen-bond acceptors (Lipinski definition) is 2. The highest BCUT2D eigenvalue weighted by molar-refractivity contribution is 6.34. The van der Waals surface area contributed by atoms with Gasteiger partial charge in [0.05, 0.1) is 16.4 Å². The summed E-state index contributed by atoms with van der Waals surface area (Å²) in [5.74, 6) is 0.162. The van der Waals surface area contributed by atoms with Gasteiger partial charge < -0.3 is 5.32 Å². The molecular formula is C12H15ClN2O. The van der Waals surface area contributed by atoms with Crippen LogP contribution in [0.15, 0.2) is 12.3 Å². The molecular weight excluding hydrogens is 224 g/mol. The predicted molar refractivity (Wildman–Crippen MR) is 64.5 cm³/mol. The Labute approximate surface area is 100 Å². The fourth-order valence-electron chi connectivity index (χ4n) is 1.78. The number of carbonyl (C=O) groups is 1. The average Bonchev–Trinajstić information content (AvgIpc) is 2.83. The van der Waals surface area contributed by atoms with Gasteiger partial charge in [-0.2, -0.15) is 0 Å². The predicted octanol–water partition coefficient (Wildman–Crippen LogP) is 3.03. The number of halogens is 1. The zero-order valence-corrected chi connectivity index (χ0v) is 10.4. The minimum Gasteiger partial charge on any atom is -0.324 e. The Morgan fingerprint density at radius 3 is 2.81 bits per heavy atom. The summed E-state index contributed by atoms with van der Waals surface area (Å²) < 4.78 is 0. The Morgan fingerprint density at radius 1 is 1.62 bits per heavy atom. The van der Waals surface area contributed by atoms with Crippen LogP contribution in [0, 0.1) is 18.3 Å². The number of nitrogens with one attached hydrogen (secondary N) is 1. The Morgan fingerprint density at radius 2 is 2.25 bits per heavy atom. The first-order chi connectivity index (χ1) is 7.42. The van der Waals surface area contributed by atoms with Gasteiger partial charge in [0.15, 0.2) is 0 Å². The second-order valence-corrected chi connectivity index (χ2v) is 5.37. The number of pyridine rings is 1. The molecule has 0 unspecified atom stereocenters. The van der Waals surface area contributed by atoms with Crippen molar-refractivity contribution in [3.8, 4) is 0 Å². The molecule has 1 N–H and O–H groups in total. The summed E-state index contributed by atoms with van der Waals surface area (Å²) in [7, 11) is 0. The first-order valence-corrected chi connectivity index (χ1v) is 5.71. The smallest absolute Gasteiger partial charge is 0.228 e. The van der Waals surface area contributed by atoms with Crippen molar-refractivity contribution < 1.29 is 4.79 Å². The van der Waals surface area contributed by atoms with E-state index < -0.39 is 0 Å². The number of aryl methyl sites for hydroxylation is 1. The van der Waals surface area contributed by atoms with Gasteiger partial charge in [-0.25, -0.2) is 0 Å². The van der Waals surface area contributed by atoms with Crippen molar-refractivity contribution in [2.24, 2.45) is 11.3 Å². The maximum atomic E-state index is 11.9. The number of anilines is 1. The maximum Gasteiger partial charge on any atom is 0.228 e. The molecule has 1 saturated carbocycles. The first kappa shape index (κ1) is 11.4. The molecule has 2 rings (SSSR count). The van der Waals surface area contributed by atoms with Crippen molar-refractivity contribution >= 4 is 23.2 Å². The van der Waals surface area contributed by atoms with Gasteiger partial charge in [0.1, 0.15) is 0 Å². The van der Waals surface area contributed by atoms with E-state index in [1.807, 2.05) is 6.92 Å². The van der Waals surface area contributed by atoms with Crippen molar-refractivity contribution in [2.45, 2.75) is 27.2 Å². The van der Waals surface area contributed by atoms with E-state index >= 15 is 0 Å². The molecule has 0 spiro atoms. The SMILES string of the molecule is Cc1nccc(NC(=O)[C@H]2CC2(C)C)c1Cl. The van der Waals surface area contributed by atoms with E-state index in [-0.39, 0.29) is 17.2 Å². The molecule has 1 fully saturated rings. The minimum atomic E-state index is 0.0532. The summed E-state index contributed by atoms with van der Waals surface area (Å²) >= 11 is 6.06. The van der Waals surface area contributed by atoms with E-state index in [1.165, 1.54) is 0 Å². The fourth-order valence-corrected chi connectivity index (χ4v) is 1.94. The van der Waals surface area contributed by atoms with Crippen LogP contribution in [0.3, 0.4) is 0 Å². The molecule has 0 saturated heterocycles. The molecule has 86 valence electrons. The van der Waals surface area contributed by atoms with Gasteiger partial charge in [0.2, 0.25) is 5.91 Å². The molecule has 1 aromatic heterocycles. The van der Waals surface area contributed by atoms with Crippen molar-refractivity contribution in [3.63, 3.8) is 0 Å². The molecule has 3 nitrogen and oxygen atoms in total. The van der Waals surface area contributed by atoms with Crippen molar-refractivity contribution in [2.75, 3.05) is 5.32 Å². The first-order valence-electron chi connectivity index (χ1n) is 5.34. The van der Waals surface area contributed by atoms with Crippen molar-refractivity contribution in [1.82, 2.24) is 4.98 Å². The number of nitrogens with zero attached hydrogens (tertiary/aromatic N) is 1. The second kappa shape index (κ2) is 3.74. The summed E-state index contributed by atoms with van der Waals surface area (Å²) in [6.45, 7) is 6.01. The highest BCUT2D eigenvalue weighted by Gasteiger charge is 2.50. The van der Waals surface area contributed by atoms with Crippen molar-refractivity contribution in [1.29, 1.82) is 0 Å². The van der Waals surface area contributed by atoms with E-state index in [1.54, 1.807) is 12.3 Å². The normalized spacial score (nSPS) is 21.6. The molecule has 0 bridgehead atoms.